The lowest BCUT2D eigenvalue weighted by molar-refractivity contribution is -0.144. The summed E-state index contributed by atoms with van der Waals surface area (Å²) in [5.74, 6) is -1.60. The average molecular weight is 282 g/mol. The van der Waals surface area contributed by atoms with Crippen molar-refractivity contribution in [3.8, 4) is 0 Å². The number of halogens is 3. The van der Waals surface area contributed by atoms with Crippen molar-refractivity contribution in [2.24, 2.45) is 0 Å². The molecule has 0 bridgehead atoms. The van der Waals surface area contributed by atoms with Crippen molar-refractivity contribution in [1.82, 2.24) is 9.97 Å². The minimum Gasteiger partial charge on any atom is -0.384 e. The van der Waals surface area contributed by atoms with Gasteiger partial charge in [-0.25, -0.2) is 9.97 Å². The van der Waals surface area contributed by atoms with Gasteiger partial charge in [0.1, 0.15) is 11.6 Å². The maximum absolute atomic E-state index is 12.4. The predicted octanol–water partition coefficient (Wildman–Crippen LogP) is 1.26. The summed E-state index contributed by atoms with van der Waals surface area (Å²) in [6.45, 7) is 1.94. The maximum Gasteiger partial charge on any atom is 0.451 e. The van der Waals surface area contributed by atoms with Gasteiger partial charge in [0.15, 0.2) is 0 Å². The van der Waals surface area contributed by atoms with Gasteiger partial charge < -0.3 is 11.1 Å². The van der Waals surface area contributed by atoms with E-state index in [0.29, 0.717) is 0 Å². The first kappa shape index (κ1) is 14.7. The Morgan fingerprint density at radius 3 is 2.61 bits per heavy atom. The zero-order valence-electron chi connectivity index (χ0n) is 9.78. The van der Waals surface area contributed by atoms with Crippen LogP contribution in [0.25, 0.3) is 0 Å². The minimum atomic E-state index is -4.65. The Morgan fingerprint density at radius 2 is 2.11 bits per heavy atom. The quantitative estimate of drug-likeness (QED) is 0.869. The van der Waals surface area contributed by atoms with Gasteiger partial charge in [-0.2, -0.15) is 13.2 Å². The van der Waals surface area contributed by atoms with Gasteiger partial charge in [0.25, 0.3) is 0 Å². The molecule has 1 heterocycles. The summed E-state index contributed by atoms with van der Waals surface area (Å²) >= 11 is 0. The second kappa shape index (κ2) is 5.51. The zero-order chi connectivity index (χ0) is 13.9. The van der Waals surface area contributed by atoms with Crippen molar-refractivity contribution in [2.45, 2.75) is 18.3 Å². The molecule has 0 aliphatic rings. The molecule has 0 aliphatic carbocycles. The Morgan fingerprint density at radius 1 is 1.50 bits per heavy atom. The Balaban J connectivity index is 2.84. The molecule has 0 fully saturated rings. The van der Waals surface area contributed by atoms with Gasteiger partial charge in [-0.3, -0.25) is 4.21 Å². The van der Waals surface area contributed by atoms with Crippen LogP contribution in [0.4, 0.5) is 24.8 Å². The van der Waals surface area contributed by atoms with Gasteiger partial charge in [0.2, 0.25) is 5.82 Å². The first-order chi connectivity index (χ1) is 8.20. The number of alkyl halides is 3. The van der Waals surface area contributed by atoms with E-state index in [2.05, 4.69) is 15.3 Å². The molecule has 1 rings (SSSR count). The summed E-state index contributed by atoms with van der Waals surface area (Å²) in [4.78, 5) is 6.42. The van der Waals surface area contributed by atoms with Crippen LogP contribution in [0.3, 0.4) is 0 Å². The number of rotatable bonds is 4. The Kier molecular flexibility index (Phi) is 4.49. The van der Waals surface area contributed by atoms with E-state index >= 15 is 0 Å². The third-order valence-electron chi connectivity index (χ3n) is 2.14. The van der Waals surface area contributed by atoms with Crippen molar-refractivity contribution in [2.75, 3.05) is 23.9 Å². The van der Waals surface area contributed by atoms with Crippen molar-refractivity contribution in [3.63, 3.8) is 0 Å². The third kappa shape index (κ3) is 4.13. The highest BCUT2D eigenvalue weighted by Gasteiger charge is 2.35. The Hall–Kier alpha value is -1.38. The van der Waals surface area contributed by atoms with Crippen molar-refractivity contribution >= 4 is 22.4 Å². The van der Waals surface area contributed by atoms with Gasteiger partial charge in [0, 0.05) is 34.9 Å². The van der Waals surface area contributed by atoms with Crippen LogP contribution in [-0.4, -0.2) is 32.2 Å². The molecule has 0 radical (unpaired) electrons. The average Bonchev–Trinajstić information content (AvgIpc) is 2.23. The summed E-state index contributed by atoms with van der Waals surface area (Å²) in [5.41, 5.74) is 5.27. The highest BCUT2D eigenvalue weighted by atomic mass is 32.2. The fourth-order valence-corrected chi connectivity index (χ4v) is 1.37. The molecule has 0 saturated heterocycles. The molecule has 2 atom stereocenters. The number of anilines is 2. The van der Waals surface area contributed by atoms with Gasteiger partial charge in [0.05, 0.1) is 0 Å². The van der Waals surface area contributed by atoms with Crippen LogP contribution in [0.5, 0.6) is 0 Å². The van der Waals surface area contributed by atoms with Crippen LogP contribution in [0, 0.1) is 0 Å². The largest absolute Gasteiger partial charge is 0.451 e. The van der Waals surface area contributed by atoms with Gasteiger partial charge >= 0.3 is 6.18 Å². The molecule has 0 spiro atoms. The fourth-order valence-electron chi connectivity index (χ4n) is 1.05. The highest BCUT2D eigenvalue weighted by Crippen LogP contribution is 2.27. The molecule has 2 unspecified atom stereocenters. The van der Waals surface area contributed by atoms with Gasteiger partial charge in [-0.15, -0.1) is 0 Å². The number of hydrogen-bond donors (Lipinski definition) is 2. The van der Waals surface area contributed by atoms with E-state index in [0.717, 1.165) is 0 Å². The summed E-state index contributed by atoms with van der Waals surface area (Å²) < 4.78 is 48.3. The fraction of sp³-hybridized carbons (Fsp3) is 0.556. The summed E-state index contributed by atoms with van der Waals surface area (Å²) in [5, 5.41) is 2.44. The number of nitrogens with one attached hydrogen (secondary N) is 1. The van der Waals surface area contributed by atoms with Crippen LogP contribution < -0.4 is 11.1 Å². The molecule has 0 amide bonds. The summed E-state index contributed by atoms with van der Waals surface area (Å²) in [6, 6.07) is 1.19. The van der Waals surface area contributed by atoms with E-state index in [-0.39, 0.29) is 23.4 Å². The van der Waals surface area contributed by atoms with E-state index in [9.17, 15) is 17.4 Å². The molecule has 0 aromatic carbocycles. The Labute approximate surface area is 104 Å². The molecule has 5 nitrogen and oxygen atoms in total. The number of hydrogen-bond acceptors (Lipinski definition) is 5. The SMILES string of the molecule is CC(CNc1cc(N)nc(C(F)(F)F)n1)S(C)=O. The molecule has 1 aromatic rings. The van der Waals surface area contributed by atoms with Crippen LogP contribution in [0.2, 0.25) is 0 Å². The molecule has 0 saturated carbocycles. The van der Waals surface area contributed by atoms with E-state index in [1.165, 1.54) is 12.3 Å². The second-order valence-corrected chi connectivity index (χ2v) is 5.49. The lowest BCUT2D eigenvalue weighted by Gasteiger charge is -2.12. The molecule has 0 aliphatic heterocycles. The second-order valence-electron chi connectivity index (χ2n) is 3.69. The molecule has 102 valence electrons. The smallest absolute Gasteiger partial charge is 0.384 e. The lowest BCUT2D eigenvalue weighted by Crippen LogP contribution is -2.22. The van der Waals surface area contributed by atoms with Crippen LogP contribution in [-0.2, 0) is 17.0 Å². The first-order valence-electron chi connectivity index (χ1n) is 4.98. The van der Waals surface area contributed by atoms with Crippen molar-refractivity contribution < 1.29 is 17.4 Å². The van der Waals surface area contributed by atoms with E-state index in [1.54, 1.807) is 6.92 Å². The molecule has 9 heteroatoms. The van der Waals surface area contributed by atoms with Crippen molar-refractivity contribution in [1.29, 1.82) is 0 Å². The van der Waals surface area contributed by atoms with Gasteiger partial charge in [-0.1, -0.05) is 0 Å². The van der Waals surface area contributed by atoms with Crippen LogP contribution >= 0.6 is 0 Å². The molecule has 3 N–H and O–H groups in total. The zero-order valence-corrected chi connectivity index (χ0v) is 10.6. The predicted molar refractivity (Wildman–Crippen MR) is 63.5 cm³/mol. The normalized spacial score (nSPS) is 15.2. The van der Waals surface area contributed by atoms with Crippen LogP contribution in [0.15, 0.2) is 6.07 Å². The highest BCUT2D eigenvalue weighted by molar-refractivity contribution is 7.84. The number of nitrogen functional groups attached to an aromatic ring is 1. The number of nitrogens with zero attached hydrogens (tertiary/aromatic N) is 2. The molecular formula is C9H13F3N4OS. The first-order valence-corrected chi connectivity index (χ1v) is 6.60. The number of nitrogens with two attached hydrogens (primary N) is 1. The molecule has 18 heavy (non-hydrogen) atoms. The molecular weight excluding hydrogens is 269 g/mol. The standard InChI is InChI=1S/C9H13F3N4OS/c1-5(18(2)17)4-14-7-3-6(13)15-8(16-7)9(10,11)12/h3,5H,4H2,1-2H3,(H3,13,14,15,16). The van der Waals surface area contributed by atoms with Crippen LogP contribution in [0.1, 0.15) is 12.7 Å². The number of aromatic nitrogens is 2. The van der Waals surface area contributed by atoms with E-state index in [4.69, 9.17) is 5.73 Å². The maximum atomic E-state index is 12.4. The minimum absolute atomic E-state index is 0.0351. The molecule has 1 aromatic heterocycles. The van der Waals surface area contributed by atoms with E-state index < -0.39 is 22.8 Å². The Bertz CT molecular complexity index is 452. The lowest BCUT2D eigenvalue weighted by atomic mass is 10.4. The van der Waals surface area contributed by atoms with Gasteiger partial charge in [-0.05, 0) is 6.92 Å². The van der Waals surface area contributed by atoms with E-state index in [1.807, 2.05) is 0 Å². The topological polar surface area (TPSA) is 80.9 Å². The summed E-state index contributed by atoms with van der Waals surface area (Å²) in [6.07, 6.45) is -3.13. The van der Waals surface area contributed by atoms with Crippen molar-refractivity contribution in [3.05, 3.63) is 11.9 Å². The summed E-state index contributed by atoms with van der Waals surface area (Å²) in [7, 11) is -1.07. The third-order valence-corrected chi connectivity index (χ3v) is 3.44. The monoisotopic (exact) mass is 282 g/mol.